The summed E-state index contributed by atoms with van der Waals surface area (Å²) < 4.78 is 5.30. The van der Waals surface area contributed by atoms with Gasteiger partial charge in [-0.2, -0.15) is 0 Å². The molecule has 6 nitrogen and oxygen atoms in total. The van der Waals surface area contributed by atoms with Crippen LogP contribution in [0.2, 0.25) is 0 Å². The number of hydrogen-bond acceptors (Lipinski definition) is 5. The minimum Gasteiger partial charge on any atom is -0.449 e. The quantitative estimate of drug-likeness (QED) is 0.779. The number of aromatic nitrogens is 1. The minimum absolute atomic E-state index is 0.134. The highest BCUT2D eigenvalue weighted by atomic mass is 32.1. The van der Waals surface area contributed by atoms with Crippen molar-refractivity contribution in [3.63, 3.8) is 0 Å². The van der Waals surface area contributed by atoms with Gasteiger partial charge in [-0.25, -0.2) is 9.78 Å². The van der Waals surface area contributed by atoms with Gasteiger partial charge in [0.1, 0.15) is 5.69 Å². The van der Waals surface area contributed by atoms with Gasteiger partial charge in [-0.3, -0.25) is 9.69 Å². The molecule has 3 rings (SSSR count). The number of thiazole rings is 1. The van der Waals surface area contributed by atoms with E-state index in [9.17, 15) is 9.59 Å². The summed E-state index contributed by atoms with van der Waals surface area (Å²) in [7, 11) is 0. The monoisotopic (exact) mass is 387 g/mol. The number of aryl methyl sites for hydroxylation is 3. The van der Waals surface area contributed by atoms with Crippen LogP contribution in [-0.2, 0) is 4.74 Å². The van der Waals surface area contributed by atoms with Crippen LogP contribution in [0.4, 0.5) is 16.2 Å². The molecule has 2 heterocycles. The van der Waals surface area contributed by atoms with Gasteiger partial charge in [0.2, 0.25) is 0 Å². The van der Waals surface area contributed by atoms with Gasteiger partial charge in [0, 0.05) is 11.9 Å². The predicted octanol–water partition coefficient (Wildman–Crippen LogP) is 4.47. The molecule has 0 N–H and O–H groups in total. The van der Waals surface area contributed by atoms with Crippen LogP contribution < -0.4 is 9.80 Å². The van der Waals surface area contributed by atoms with Crippen LogP contribution in [0, 0.1) is 20.8 Å². The van der Waals surface area contributed by atoms with E-state index in [0.29, 0.717) is 25.3 Å². The zero-order valence-electron chi connectivity index (χ0n) is 16.4. The molecule has 1 aliphatic heterocycles. The Morgan fingerprint density at radius 1 is 1.19 bits per heavy atom. The first kappa shape index (κ1) is 19.4. The zero-order valence-corrected chi connectivity index (χ0v) is 17.2. The normalized spacial score (nSPS) is 16.3. The summed E-state index contributed by atoms with van der Waals surface area (Å²) in [4.78, 5) is 33.6. The first-order valence-corrected chi connectivity index (χ1v) is 10.1. The first-order chi connectivity index (χ1) is 12.9. The van der Waals surface area contributed by atoms with Gasteiger partial charge in [0.15, 0.2) is 0 Å². The number of anilines is 2. The average Bonchev–Trinajstić information content (AvgIpc) is 3.07. The molecule has 0 saturated heterocycles. The third kappa shape index (κ3) is 3.56. The average molecular weight is 388 g/mol. The fourth-order valence-electron chi connectivity index (χ4n) is 3.33. The third-order valence-electron chi connectivity index (χ3n) is 4.92. The van der Waals surface area contributed by atoms with E-state index in [1.54, 1.807) is 22.1 Å². The van der Waals surface area contributed by atoms with E-state index >= 15 is 0 Å². The van der Waals surface area contributed by atoms with Crippen molar-refractivity contribution >= 4 is 34.7 Å². The molecule has 2 amide bonds. The molecule has 1 atom stereocenters. The SMILES string of the molecule is CCOC(=O)N1c2cc(C)c(C)cc2N(C(=O)c2csc(C)n2)CC1CC. The highest BCUT2D eigenvalue weighted by molar-refractivity contribution is 7.09. The maximum Gasteiger partial charge on any atom is 0.414 e. The predicted molar refractivity (Wildman–Crippen MR) is 108 cm³/mol. The standard InChI is InChI=1S/C20H25N3O3S/c1-6-15-10-22(19(24)16-11-27-14(5)21-16)17-8-12(3)13(4)9-18(17)23(15)20(25)26-7-2/h8-9,11,15H,6-7,10H2,1-5H3. The fourth-order valence-corrected chi connectivity index (χ4v) is 3.91. The molecule has 0 spiro atoms. The van der Waals surface area contributed by atoms with Crippen LogP contribution in [0.25, 0.3) is 0 Å². The van der Waals surface area contributed by atoms with Gasteiger partial charge in [-0.15, -0.1) is 11.3 Å². The molecule has 7 heteroatoms. The lowest BCUT2D eigenvalue weighted by molar-refractivity contribution is 0.0977. The highest BCUT2D eigenvalue weighted by Gasteiger charge is 2.38. The van der Waals surface area contributed by atoms with Gasteiger partial charge >= 0.3 is 6.09 Å². The highest BCUT2D eigenvalue weighted by Crippen LogP contribution is 2.39. The van der Waals surface area contributed by atoms with Gasteiger partial charge in [0.25, 0.3) is 5.91 Å². The molecule has 2 aromatic rings. The first-order valence-electron chi connectivity index (χ1n) is 9.18. The van der Waals surface area contributed by atoms with Crippen LogP contribution in [0.1, 0.15) is 46.9 Å². The van der Waals surface area contributed by atoms with Crippen molar-refractivity contribution in [1.82, 2.24) is 4.98 Å². The van der Waals surface area contributed by atoms with E-state index in [-0.39, 0.29) is 18.0 Å². The molecule has 1 aliphatic rings. The maximum absolute atomic E-state index is 13.2. The Hall–Kier alpha value is -2.41. The van der Waals surface area contributed by atoms with E-state index in [0.717, 1.165) is 27.5 Å². The third-order valence-corrected chi connectivity index (χ3v) is 5.69. The van der Waals surface area contributed by atoms with E-state index in [1.165, 1.54) is 11.3 Å². The van der Waals surface area contributed by atoms with Crippen molar-refractivity contribution in [3.05, 3.63) is 39.3 Å². The van der Waals surface area contributed by atoms with Crippen molar-refractivity contribution in [2.75, 3.05) is 23.0 Å². The second-order valence-corrected chi connectivity index (χ2v) is 7.79. The smallest absolute Gasteiger partial charge is 0.414 e. The van der Waals surface area contributed by atoms with E-state index in [2.05, 4.69) is 4.98 Å². The number of fused-ring (bicyclic) bond motifs is 1. The molecular weight excluding hydrogens is 362 g/mol. The van der Waals surface area contributed by atoms with Gasteiger partial charge < -0.3 is 9.64 Å². The Balaban J connectivity index is 2.12. The molecule has 0 fully saturated rings. The molecule has 144 valence electrons. The van der Waals surface area contributed by atoms with Crippen molar-refractivity contribution in [2.45, 2.75) is 47.1 Å². The van der Waals surface area contributed by atoms with Crippen molar-refractivity contribution in [2.24, 2.45) is 0 Å². The van der Waals surface area contributed by atoms with Gasteiger partial charge in [-0.1, -0.05) is 6.92 Å². The summed E-state index contributed by atoms with van der Waals surface area (Å²) in [5.41, 5.74) is 4.03. The molecule has 27 heavy (non-hydrogen) atoms. The Morgan fingerprint density at radius 3 is 2.41 bits per heavy atom. The maximum atomic E-state index is 13.2. The van der Waals surface area contributed by atoms with Crippen molar-refractivity contribution in [1.29, 1.82) is 0 Å². The lowest BCUT2D eigenvalue weighted by Gasteiger charge is -2.41. The largest absolute Gasteiger partial charge is 0.449 e. The van der Waals surface area contributed by atoms with E-state index < -0.39 is 0 Å². The minimum atomic E-state index is -0.370. The van der Waals surface area contributed by atoms with Crippen LogP contribution >= 0.6 is 11.3 Å². The molecule has 0 bridgehead atoms. The number of benzene rings is 1. The van der Waals surface area contributed by atoms with E-state index in [1.807, 2.05) is 39.8 Å². The molecule has 0 aliphatic carbocycles. The molecule has 0 radical (unpaired) electrons. The Labute approximate surface area is 163 Å². The lowest BCUT2D eigenvalue weighted by Crippen LogP contribution is -2.53. The number of rotatable bonds is 3. The lowest BCUT2D eigenvalue weighted by atomic mass is 10.00. The van der Waals surface area contributed by atoms with Crippen LogP contribution in [0.15, 0.2) is 17.5 Å². The second-order valence-electron chi connectivity index (χ2n) is 6.72. The Kier molecular flexibility index (Phi) is 5.51. The van der Waals surface area contributed by atoms with Crippen LogP contribution in [-0.4, -0.2) is 36.2 Å². The molecule has 1 aromatic heterocycles. The zero-order chi connectivity index (χ0) is 19.7. The Morgan fingerprint density at radius 2 is 1.85 bits per heavy atom. The second kappa shape index (κ2) is 7.68. The molecular formula is C20H25N3O3S. The van der Waals surface area contributed by atoms with Gasteiger partial charge in [0.05, 0.1) is 29.0 Å². The fraction of sp³-hybridized carbons (Fsp3) is 0.450. The van der Waals surface area contributed by atoms with Crippen molar-refractivity contribution < 1.29 is 14.3 Å². The summed E-state index contributed by atoms with van der Waals surface area (Å²) in [6.07, 6.45) is 0.343. The van der Waals surface area contributed by atoms with Crippen LogP contribution in [0.5, 0.6) is 0 Å². The number of carbonyl (C=O) groups excluding carboxylic acids is 2. The number of ether oxygens (including phenoxy) is 1. The van der Waals surface area contributed by atoms with E-state index in [4.69, 9.17) is 4.74 Å². The molecule has 1 aromatic carbocycles. The summed E-state index contributed by atoms with van der Waals surface area (Å²) in [5.74, 6) is -0.134. The summed E-state index contributed by atoms with van der Waals surface area (Å²) in [6, 6.07) is 3.79. The van der Waals surface area contributed by atoms with Crippen LogP contribution in [0.3, 0.4) is 0 Å². The summed E-state index contributed by atoms with van der Waals surface area (Å²) in [6.45, 7) is 10.4. The number of nitrogens with zero attached hydrogens (tertiary/aromatic N) is 3. The molecule has 1 unspecified atom stereocenters. The van der Waals surface area contributed by atoms with Crippen molar-refractivity contribution in [3.8, 4) is 0 Å². The number of hydrogen-bond donors (Lipinski definition) is 0. The summed E-state index contributed by atoms with van der Waals surface area (Å²) in [5, 5.41) is 2.65. The molecule has 0 saturated carbocycles. The number of amides is 2. The van der Waals surface area contributed by atoms with Gasteiger partial charge in [-0.05, 0) is 57.4 Å². The topological polar surface area (TPSA) is 62.7 Å². The number of carbonyl (C=O) groups is 2. The Bertz CT molecular complexity index is 877. The summed E-state index contributed by atoms with van der Waals surface area (Å²) >= 11 is 1.46.